The summed E-state index contributed by atoms with van der Waals surface area (Å²) in [5, 5.41) is 3.48. The third kappa shape index (κ3) is 4.53. The number of carbonyl (C=O) groups is 1. The molecule has 0 saturated carbocycles. The first kappa shape index (κ1) is 22.0. The Morgan fingerprint density at radius 1 is 1.19 bits per heavy atom. The van der Waals surface area contributed by atoms with E-state index in [0.29, 0.717) is 6.42 Å². The van der Waals surface area contributed by atoms with Gasteiger partial charge >= 0.3 is 0 Å². The number of amides is 1. The van der Waals surface area contributed by atoms with Gasteiger partial charge in [0.25, 0.3) is 0 Å². The van der Waals surface area contributed by atoms with Gasteiger partial charge in [0.1, 0.15) is 11.9 Å². The minimum absolute atomic E-state index is 0.170. The molecule has 0 aliphatic rings. The van der Waals surface area contributed by atoms with E-state index in [1.807, 2.05) is 17.6 Å². The number of aromatic nitrogens is 3. The lowest BCUT2D eigenvalue weighted by Crippen LogP contribution is -2.26. The molecule has 0 spiro atoms. The quantitative estimate of drug-likeness (QED) is 0.349. The van der Waals surface area contributed by atoms with Gasteiger partial charge in [0, 0.05) is 11.9 Å². The molecule has 0 aliphatic carbocycles. The molecule has 0 unspecified atom stereocenters. The standard InChI is InChI=1S/C25H25FN4OS/c1-4-22(24(31)28-20-8-6-5-7-19(20)26)30-23-14-27-12-11-21(23)29-25(30)32-15-18-13-16(2)9-10-17(18)3/h5-14,22H,4,15H2,1-3H3,(H,28,31)/t22-/m0/s1. The lowest BCUT2D eigenvalue weighted by atomic mass is 10.1. The summed E-state index contributed by atoms with van der Waals surface area (Å²) in [7, 11) is 0. The van der Waals surface area contributed by atoms with Crippen molar-refractivity contribution < 1.29 is 9.18 Å². The third-order valence-corrected chi connectivity index (χ3v) is 6.46. The van der Waals surface area contributed by atoms with Crippen LogP contribution in [-0.2, 0) is 10.5 Å². The van der Waals surface area contributed by atoms with Gasteiger partial charge in [-0.05, 0) is 49.6 Å². The molecule has 0 fully saturated rings. The van der Waals surface area contributed by atoms with Crippen molar-refractivity contribution in [1.82, 2.24) is 14.5 Å². The predicted molar refractivity (Wildman–Crippen MR) is 127 cm³/mol. The smallest absolute Gasteiger partial charge is 0.247 e. The van der Waals surface area contributed by atoms with Crippen molar-refractivity contribution >= 4 is 34.4 Å². The number of nitrogens with one attached hydrogen (secondary N) is 1. The maximum atomic E-state index is 14.1. The van der Waals surface area contributed by atoms with E-state index in [1.54, 1.807) is 42.4 Å². The Balaban J connectivity index is 1.69. The molecular weight excluding hydrogens is 423 g/mol. The molecule has 5 nitrogen and oxygen atoms in total. The van der Waals surface area contributed by atoms with E-state index in [-0.39, 0.29) is 11.6 Å². The number of fused-ring (bicyclic) bond motifs is 1. The zero-order chi connectivity index (χ0) is 22.7. The molecule has 0 aliphatic heterocycles. The molecule has 2 aromatic carbocycles. The van der Waals surface area contributed by atoms with Crippen LogP contribution in [0.5, 0.6) is 0 Å². The number of pyridine rings is 1. The van der Waals surface area contributed by atoms with E-state index in [9.17, 15) is 9.18 Å². The molecule has 164 valence electrons. The van der Waals surface area contributed by atoms with Crippen LogP contribution in [0.3, 0.4) is 0 Å². The molecule has 2 aromatic heterocycles. The summed E-state index contributed by atoms with van der Waals surface area (Å²) >= 11 is 1.59. The number of hydrogen-bond acceptors (Lipinski definition) is 4. The van der Waals surface area contributed by atoms with E-state index in [2.05, 4.69) is 42.3 Å². The van der Waals surface area contributed by atoms with Gasteiger partial charge in [0.05, 0.1) is 22.9 Å². The van der Waals surface area contributed by atoms with Crippen LogP contribution in [0, 0.1) is 19.7 Å². The van der Waals surface area contributed by atoms with Gasteiger partial charge in [-0.2, -0.15) is 0 Å². The first-order valence-corrected chi connectivity index (χ1v) is 11.5. The molecule has 0 saturated heterocycles. The molecule has 1 N–H and O–H groups in total. The average Bonchev–Trinajstić information content (AvgIpc) is 3.15. The van der Waals surface area contributed by atoms with Crippen molar-refractivity contribution in [3.05, 3.63) is 83.4 Å². The first-order valence-electron chi connectivity index (χ1n) is 10.5. The summed E-state index contributed by atoms with van der Waals surface area (Å²) < 4.78 is 16.0. The normalized spacial score (nSPS) is 12.1. The summed E-state index contributed by atoms with van der Waals surface area (Å²) in [6.07, 6.45) is 3.94. The van der Waals surface area contributed by atoms with E-state index < -0.39 is 11.9 Å². The topological polar surface area (TPSA) is 59.8 Å². The number of halogens is 1. The number of thioether (sulfide) groups is 1. The highest BCUT2D eigenvalue weighted by Gasteiger charge is 2.25. The van der Waals surface area contributed by atoms with Crippen LogP contribution in [0.25, 0.3) is 11.0 Å². The summed E-state index contributed by atoms with van der Waals surface area (Å²) in [6, 6.07) is 13.9. The number of rotatable bonds is 7. The van der Waals surface area contributed by atoms with Gasteiger partial charge in [-0.3, -0.25) is 9.78 Å². The molecule has 1 atom stereocenters. The van der Waals surface area contributed by atoms with Gasteiger partial charge < -0.3 is 9.88 Å². The first-order chi connectivity index (χ1) is 15.5. The monoisotopic (exact) mass is 448 g/mol. The third-order valence-electron chi connectivity index (χ3n) is 5.45. The molecule has 7 heteroatoms. The SMILES string of the molecule is CC[C@@H](C(=O)Nc1ccccc1F)n1c(SCc2cc(C)ccc2C)nc2ccncc21. The maximum Gasteiger partial charge on any atom is 0.247 e. The number of imidazole rings is 1. The Bertz CT molecular complexity index is 1270. The fourth-order valence-corrected chi connectivity index (χ4v) is 4.81. The Kier molecular flexibility index (Phi) is 6.55. The maximum absolute atomic E-state index is 14.1. The van der Waals surface area contributed by atoms with Crippen molar-refractivity contribution in [2.24, 2.45) is 0 Å². The highest BCUT2D eigenvalue weighted by Crippen LogP contribution is 2.32. The van der Waals surface area contributed by atoms with Crippen molar-refractivity contribution in [3.8, 4) is 0 Å². The van der Waals surface area contributed by atoms with Crippen molar-refractivity contribution in [2.75, 3.05) is 5.32 Å². The van der Waals surface area contributed by atoms with Crippen LogP contribution in [0.2, 0.25) is 0 Å². The second-order valence-corrected chi connectivity index (χ2v) is 8.68. The van der Waals surface area contributed by atoms with Crippen LogP contribution in [-0.4, -0.2) is 20.4 Å². The van der Waals surface area contributed by atoms with Gasteiger partial charge in [0.2, 0.25) is 5.91 Å². The van der Waals surface area contributed by atoms with Crippen molar-refractivity contribution in [1.29, 1.82) is 0 Å². The highest BCUT2D eigenvalue weighted by molar-refractivity contribution is 7.98. The van der Waals surface area contributed by atoms with Gasteiger partial charge in [-0.25, -0.2) is 9.37 Å². The van der Waals surface area contributed by atoms with Crippen molar-refractivity contribution in [3.63, 3.8) is 0 Å². The predicted octanol–water partition coefficient (Wildman–Crippen LogP) is 6.07. The minimum atomic E-state index is -0.551. The number of carbonyl (C=O) groups excluding carboxylic acids is 1. The van der Waals surface area contributed by atoms with E-state index >= 15 is 0 Å². The van der Waals surface area contributed by atoms with Crippen LogP contribution in [0.4, 0.5) is 10.1 Å². The zero-order valence-corrected chi connectivity index (χ0v) is 19.1. The van der Waals surface area contributed by atoms with Crippen LogP contribution in [0.15, 0.2) is 66.1 Å². The highest BCUT2D eigenvalue weighted by atomic mass is 32.2. The number of anilines is 1. The number of para-hydroxylation sites is 1. The summed E-state index contributed by atoms with van der Waals surface area (Å²) in [5.41, 5.74) is 5.39. The number of nitrogens with zero attached hydrogens (tertiary/aromatic N) is 3. The number of hydrogen-bond donors (Lipinski definition) is 1. The number of benzene rings is 2. The van der Waals surface area contributed by atoms with Gasteiger partial charge in [-0.1, -0.05) is 54.6 Å². The lowest BCUT2D eigenvalue weighted by Gasteiger charge is -2.20. The largest absolute Gasteiger partial charge is 0.322 e. The summed E-state index contributed by atoms with van der Waals surface area (Å²) in [5.74, 6) is -0.0120. The summed E-state index contributed by atoms with van der Waals surface area (Å²) in [6.45, 7) is 6.11. The Morgan fingerprint density at radius 3 is 2.78 bits per heavy atom. The van der Waals surface area contributed by atoms with Crippen LogP contribution < -0.4 is 5.32 Å². The van der Waals surface area contributed by atoms with E-state index in [4.69, 9.17) is 4.98 Å². The number of aryl methyl sites for hydroxylation is 2. The second-order valence-electron chi connectivity index (χ2n) is 7.74. The Hall–Kier alpha value is -3.19. The van der Waals surface area contributed by atoms with Gasteiger partial charge in [-0.15, -0.1) is 0 Å². The van der Waals surface area contributed by atoms with Crippen LogP contribution >= 0.6 is 11.8 Å². The minimum Gasteiger partial charge on any atom is -0.322 e. The fraction of sp³-hybridized carbons (Fsp3) is 0.240. The fourth-order valence-electron chi connectivity index (χ4n) is 3.68. The van der Waals surface area contributed by atoms with Crippen molar-refractivity contribution in [2.45, 2.75) is 44.1 Å². The zero-order valence-electron chi connectivity index (χ0n) is 18.3. The average molecular weight is 449 g/mol. The van der Waals surface area contributed by atoms with Crippen LogP contribution in [0.1, 0.15) is 36.1 Å². The van der Waals surface area contributed by atoms with E-state index in [0.717, 1.165) is 21.9 Å². The molecule has 4 rings (SSSR count). The molecule has 0 bridgehead atoms. The Labute approximate surface area is 191 Å². The second kappa shape index (κ2) is 9.53. The van der Waals surface area contributed by atoms with E-state index in [1.165, 1.54) is 22.8 Å². The molecule has 1 amide bonds. The lowest BCUT2D eigenvalue weighted by molar-refractivity contribution is -0.119. The summed E-state index contributed by atoms with van der Waals surface area (Å²) in [4.78, 5) is 22.2. The molecule has 2 heterocycles. The molecule has 0 radical (unpaired) electrons. The Morgan fingerprint density at radius 2 is 2.00 bits per heavy atom. The van der Waals surface area contributed by atoms with Gasteiger partial charge in [0.15, 0.2) is 5.16 Å². The molecular formula is C25H25FN4OS. The molecule has 32 heavy (non-hydrogen) atoms. The molecule has 4 aromatic rings.